The number of hydrogen-bond donors (Lipinski definition) is 7. The molecule has 15 nitrogen and oxygen atoms in total. The maximum atomic E-state index is 14.5. The van der Waals surface area contributed by atoms with Crippen molar-refractivity contribution < 1.29 is 33.9 Å². The van der Waals surface area contributed by atoms with Gasteiger partial charge >= 0.3 is 5.97 Å². The van der Waals surface area contributed by atoms with E-state index >= 15 is 0 Å². The SMILES string of the molecule is NC(N)=NC[C@@H]1NC(=O)[C@@H]2CC[C@@H]3CCC[C@](Cc4ccccc4)(NC(=O)[C@H](CC(=O)O)NC(=O)CNC1=O)C(=O)N32. The van der Waals surface area contributed by atoms with Crippen LogP contribution in [0.3, 0.4) is 0 Å². The molecule has 3 heterocycles. The van der Waals surface area contributed by atoms with Crippen molar-refractivity contribution in [2.45, 2.75) is 74.7 Å². The lowest BCUT2D eigenvalue weighted by atomic mass is 9.84. The van der Waals surface area contributed by atoms with Gasteiger partial charge in [-0.3, -0.25) is 33.8 Å². The Morgan fingerprint density at radius 3 is 2.40 bits per heavy atom. The molecule has 1 aromatic carbocycles. The molecular formula is C27H36N8O7. The highest BCUT2D eigenvalue weighted by Gasteiger charge is 2.52. The van der Waals surface area contributed by atoms with Crippen LogP contribution < -0.4 is 32.7 Å². The number of nitrogens with one attached hydrogen (secondary N) is 4. The zero-order valence-corrected chi connectivity index (χ0v) is 23.0. The monoisotopic (exact) mass is 584 g/mol. The van der Waals surface area contributed by atoms with Crippen LogP contribution in [0, 0.1) is 0 Å². The number of carbonyl (C=O) groups is 6. The Morgan fingerprint density at radius 1 is 0.976 bits per heavy atom. The highest BCUT2D eigenvalue weighted by atomic mass is 16.4. The van der Waals surface area contributed by atoms with Gasteiger partial charge in [0.1, 0.15) is 23.7 Å². The summed E-state index contributed by atoms with van der Waals surface area (Å²) in [6.45, 7) is -0.951. The molecule has 5 atom stereocenters. The van der Waals surface area contributed by atoms with Crippen molar-refractivity contribution in [2.75, 3.05) is 13.1 Å². The van der Waals surface area contributed by atoms with Crippen molar-refractivity contribution >= 4 is 41.5 Å². The zero-order valence-electron chi connectivity index (χ0n) is 23.0. The van der Waals surface area contributed by atoms with Crippen molar-refractivity contribution in [3.05, 3.63) is 35.9 Å². The summed E-state index contributed by atoms with van der Waals surface area (Å²) in [4.78, 5) is 84.4. The number of rotatable bonds is 6. The predicted molar refractivity (Wildman–Crippen MR) is 148 cm³/mol. The molecule has 3 aliphatic rings. The van der Waals surface area contributed by atoms with Gasteiger partial charge in [0.15, 0.2) is 5.96 Å². The summed E-state index contributed by atoms with van der Waals surface area (Å²) < 4.78 is 0. The van der Waals surface area contributed by atoms with Gasteiger partial charge in [-0.05, 0) is 37.7 Å². The van der Waals surface area contributed by atoms with E-state index in [2.05, 4.69) is 26.3 Å². The average molecular weight is 585 g/mol. The summed E-state index contributed by atoms with van der Waals surface area (Å²) in [5, 5.41) is 19.6. The second-order valence-corrected chi connectivity index (χ2v) is 10.8. The number of benzene rings is 1. The Morgan fingerprint density at radius 2 is 1.71 bits per heavy atom. The first-order valence-corrected chi connectivity index (χ1v) is 13.8. The minimum atomic E-state index is -1.54. The lowest BCUT2D eigenvalue weighted by Crippen LogP contribution is -2.65. The first-order valence-electron chi connectivity index (χ1n) is 13.8. The van der Waals surface area contributed by atoms with Crippen LogP contribution in [0.25, 0.3) is 0 Å². The molecule has 42 heavy (non-hydrogen) atoms. The van der Waals surface area contributed by atoms with Crippen LogP contribution >= 0.6 is 0 Å². The number of aliphatic carboxylic acids is 1. The molecular weight excluding hydrogens is 548 g/mol. The summed E-state index contributed by atoms with van der Waals surface area (Å²) in [5.41, 5.74) is 10.1. The molecule has 0 aromatic heterocycles. The molecule has 5 amide bonds. The second-order valence-electron chi connectivity index (χ2n) is 10.8. The van der Waals surface area contributed by atoms with Crippen molar-refractivity contribution in [1.29, 1.82) is 0 Å². The smallest absolute Gasteiger partial charge is 0.305 e. The van der Waals surface area contributed by atoms with Gasteiger partial charge in [-0.15, -0.1) is 0 Å². The fourth-order valence-corrected chi connectivity index (χ4v) is 5.89. The first-order chi connectivity index (χ1) is 20.0. The summed E-state index contributed by atoms with van der Waals surface area (Å²) >= 11 is 0. The maximum Gasteiger partial charge on any atom is 0.305 e. The summed E-state index contributed by atoms with van der Waals surface area (Å²) in [6, 6.07) is 4.99. The Bertz CT molecular complexity index is 1270. The van der Waals surface area contributed by atoms with Crippen LogP contribution in [0.4, 0.5) is 0 Å². The van der Waals surface area contributed by atoms with Crippen molar-refractivity contribution in [1.82, 2.24) is 26.2 Å². The lowest BCUT2D eigenvalue weighted by Gasteiger charge is -2.39. The number of fused-ring (bicyclic) bond motifs is 1. The van der Waals surface area contributed by atoms with E-state index in [1.54, 1.807) is 12.1 Å². The van der Waals surface area contributed by atoms with Gasteiger partial charge in [0.2, 0.25) is 29.5 Å². The number of nitrogens with two attached hydrogens (primary N) is 2. The number of hydrogen-bond acceptors (Lipinski definition) is 7. The van der Waals surface area contributed by atoms with E-state index in [4.69, 9.17) is 11.5 Å². The number of carbonyl (C=O) groups excluding carboxylic acids is 5. The molecule has 3 fully saturated rings. The molecule has 0 saturated carbocycles. The lowest BCUT2D eigenvalue weighted by molar-refractivity contribution is -0.148. The van der Waals surface area contributed by atoms with Crippen LogP contribution in [0.2, 0.25) is 0 Å². The average Bonchev–Trinajstić information content (AvgIpc) is 3.31. The number of aliphatic imine (C=N–C) groups is 1. The van der Waals surface area contributed by atoms with E-state index in [1.807, 2.05) is 18.2 Å². The predicted octanol–water partition coefficient (Wildman–Crippen LogP) is -2.52. The molecule has 0 aliphatic carbocycles. The van der Waals surface area contributed by atoms with Crippen LogP contribution in [0.5, 0.6) is 0 Å². The Labute approximate surface area is 241 Å². The summed E-state index contributed by atoms with van der Waals surface area (Å²) in [5.74, 6) is -5.25. The highest BCUT2D eigenvalue weighted by Crippen LogP contribution is 2.37. The first kappa shape index (κ1) is 30.3. The Hall–Kier alpha value is -4.69. The van der Waals surface area contributed by atoms with Crippen molar-refractivity contribution in [3.63, 3.8) is 0 Å². The third-order valence-electron chi connectivity index (χ3n) is 7.84. The third-order valence-corrected chi connectivity index (χ3v) is 7.84. The van der Waals surface area contributed by atoms with Gasteiger partial charge < -0.3 is 42.7 Å². The normalized spacial score (nSPS) is 28.7. The molecule has 3 aliphatic heterocycles. The third kappa shape index (κ3) is 6.95. The number of amides is 5. The molecule has 0 radical (unpaired) electrons. The zero-order chi connectivity index (χ0) is 30.4. The molecule has 0 spiro atoms. The van der Waals surface area contributed by atoms with Crippen molar-refractivity contribution in [2.24, 2.45) is 16.5 Å². The van der Waals surface area contributed by atoms with Crippen LogP contribution in [0.15, 0.2) is 35.3 Å². The molecule has 4 rings (SSSR count). The quantitative estimate of drug-likeness (QED) is 0.138. The minimum absolute atomic E-state index is 0.0802. The van der Waals surface area contributed by atoms with E-state index in [-0.39, 0.29) is 31.4 Å². The number of nitrogens with zero attached hydrogens (tertiary/aromatic N) is 2. The fourth-order valence-electron chi connectivity index (χ4n) is 5.89. The highest BCUT2D eigenvalue weighted by molar-refractivity contribution is 6.00. The van der Waals surface area contributed by atoms with Crippen LogP contribution in [-0.2, 0) is 35.2 Å². The van der Waals surface area contributed by atoms with E-state index in [0.717, 1.165) is 5.56 Å². The van der Waals surface area contributed by atoms with Gasteiger partial charge in [-0.2, -0.15) is 0 Å². The van der Waals surface area contributed by atoms with Gasteiger partial charge in [-0.1, -0.05) is 30.3 Å². The summed E-state index contributed by atoms with van der Waals surface area (Å²) in [6.07, 6.45) is 1.54. The van der Waals surface area contributed by atoms with Gasteiger partial charge in [-0.25, -0.2) is 0 Å². The van der Waals surface area contributed by atoms with Gasteiger partial charge in [0.25, 0.3) is 0 Å². The maximum absolute atomic E-state index is 14.5. The number of carboxylic acids is 1. The molecule has 1 aromatic rings. The summed E-state index contributed by atoms with van der Waals surface area (Å²) in [7, 11) is 0. The molecule has 15 heteroatoms. The standard InChI is InChI=1S/C27H36N8O7/c28-26(29)31-13-18-22(39)30-14-20(36)32-17(11-21(37)38)23(40)34-27(12-15-5-2-1-3-6-15)10-4-7-16-8-9-19(24(41)33-18)35(16)25(27)42/h1-3,5-6,16-19H,4,7-14H2,(H,30,39)(H,32,36)(H,33,41)(H,34,40)(H,37,38)(H4,28,29,31)/t16-,17-,18-,19-,27+/m0/s1. The minimum Gasteiger partial charge on any atom is -0.481 e. The number of guanidine groups is 1. The van der Waals surface area contributed by atoms with E-state index in [1.165, 1.54) is 4.90 Å². The van der Waals surface area contributed by atoms with E-state index in [0.29, 0.717) is 25.7 Å². The molecule has 0 unspecified atom stereocenters. The Balaban J connectivity index is 1.79. The molecule has 2 bridgehead atoms. The van der Waals surface area contributed by atoms with Gasteiger partial charge in [0, 0.05) is 12.5 Å². The van der Waals surface area contributed by atoms with Gasteiger partial charge in [0.05, 0.1) is 19.5 Å². The van der Waals surface area contributed by atoms with Crippen LogP contribution in [-0.4, -0.2) is 94.3 Å². The second kappa shape index (κ2) is 12.9. The van der Waals surface area contributed by atoms with E-state index in [9.17, 15) is 33.9 Å². The topological polar surface area (TPSA) is 238 Å². The molecule has 226 valence electrons. The number of carboxylic acid groups (broad SMARTS) is 1. The van der Waals surface area contributed by atoms with E-state index < -0.39 is 72.1 Å². The largest absolute Gasteiger partial charge is 0.481 e. The van der Waals surface area contributed by atoms with Crippen molar-refractivity contribution in [3.8, 4) is 0 Å². The Kier molecular flexibility index (Phi) is 9.28. The van der Waals surface area contributed by atoms with Crippen LogP contribution in [0.1, 0.15) is 44.1 Å². The molecule has 3 saturated heterocycles. The fraction of sp³-hybridized carbons (Fsp3) is 0.519. The molecule has 9 N–H and O–H groups in total.